The molecule has 2 rings (SSSR count). The Morgan fingerprint density at radius 3 is 2.55 bits per heavy atom. The van der Waals surface area contributed by atoms with Crippen molar-refractivity contribution in [3.05, 3.63) is 64.4 Å². The SMILES string of the molecule is COc1ccccc1C(CNC(=O)CCNC(=O)c1ccc(F)cc1Cl)N(C)C. The van der Waals surface area contributed by atoms with Crippen LogP contribution in [0.15, 0.2) is 42.5 Å². The Labute approximate surface area is 175 Å². The van der Waals surface area contributed by atoms with E-state index in [0.29, 0.717) is 6.54 Å². The van der Waals surface area contributed by atoms with E-state index in [1.165, 1.54) is 6.07 Å². The van der Waals surface area contributed by atoms with Gasteiger partial charge in [-0.3, -0.25) is 9.59 Å². The van der Waals surface area contributed by atoms with Crippen LogP contribution in [0.1, 0.15) is 28.4 Å². The summed E-state index contributed by atoms with van der Waals surface area (Å²) in [5, 5.41) is 5.52. The lowest BCUT2D eigenvalue weighted by Gasteiger charge is -2.26. The minimum atomic E-state index is -0.517. The van der Waals surface area contributed by atoms with Crippen LogP contribution in [0.5, 0.6) is 5.75 Å². The largest absolute Gasteiger partial charge is 0.496 e. The van der Waals surface area contributed by atoms with Gasteiger partial charge in [0.05, 0.1) is 23.7 Å². The van der Waals surface area contributed by atoms with Crippen molar-refractivity contribution in [1.82, 2.24) is 15.5 Å². The van der Waals surface area contributed by atoms with Crippen LogP contribution >= 0.6 is 11.6 Å². The number of rotatable bonds is 9. The predicted molar refractivity (Wildman–Crippen MR) is 111 cm³/mol. The Bertz CT molecular complexity index is 861. The molecule has 1 atom stereocenters. The average Bonchev–Trinajstić information content (AvgIpc) is 2.68. The van der Waals surface area contributed by atoms with Gasteiger partial charge in [-0.1, -0.05) is 29.8 Å². The number of methoxy groups -OCH3 is 1. The molecule has 0 heterocycles. The molecule has 0 aliphatic rings. The third-order valence-corrected chi connectivity index (χ3v) is 4.74. The number of amides is 2. The van der Waals surface area contributed by atoms with Gasteiger partial charge >= 0.3 is 0 Å². The van der Waals surface area contributed by atoms with Gasteiger partial charge in [-0.25, -0.2) is 4.39 Å². The van der Waals surface area contributed by atoms with E-state index in [4.69, 9.17) is 16.3 Å². The number of hydrogen-bond donors (Lipinski definition) is 2. The van der Waals surface area contributed by atoms with Gasteiger partial charge in [0, 0.05) is 25.1 Å². The molecule has 2 N–H and O–H groups in total. The number of hydrogen-bond acceptors (Lipinski definition) is 4. The lowest BCUT2D eigenvalue weighted by molar-refractivity contribution is -0.121. The molecule has 0 bridgehead atoms. The fourth-order valence-corrected chi connectivity index (χ4v) is 3.12. The highest BCUT2D eigenvalue weighted by Crippen LogP contribution is 2.27. The maximum atomic E-state index is 13.1. The summed E-state index contributed by atoms with van der Waals surface area (Å²) in [6, 6.07) is 11.1. The van der Waals surface area contributed by atoms with Crippen LogP contribution in [0, 0.1) is 5.82 Å². The van der Waals surface area contributed by atoms with E-state index in [0.717, 1.165) is 23.4 Å². The number of carbonyl (C=O) groups excluding carboxylic acids is 2. The van der Waals surface area contributed by atoms with Gasteiger partial charge in [-0.15, -0.1) is 0 Å². The summed E-state index contributed by atoms with van der Waals surface area (Å²) in [5.41, 5.74) is 1.14. The second kappa shape index (κ2) is 10.8. The van der Waals surface area contributed by atoms with E-state index in [1.807, 2.05) is 43.3 Å². The van der Waals surface area contributed by atoms with E-state index in [9.17, 15) is 14.0 Å². The zero-order valence-electron chi connectivity index (χ0n) is 16.7. The van der Waals surface area contributed by atoms with Gasteiger partial charge < -0.3 is 20.3 Å². The Balaban J connectivity index is 1.86. The predicted octanol–water partition coefficient (Wildman–Crippen LogP) is 3.03. The molecule has 0 radical (unpaired) electrons. The third-order valence-electron chi connectivity index (χ3n) is 4.43. The van der Waals surface area contributed by atoms with Gasteiger partial charge in [-0.2, -0.15) is 0 Å². The first-order valence-electron chi connectivity index (χ1n) is 9.12. The van der Waals surface area contributed by atoms with Crippen molar-refractivity contribution in [2.24, 2.45) is 0 Å². The van der Waals surface area contributed by atoms with Crippen LogP contribution in [0.2, 0.25) is 5.02 Å². The second-order valence-electron chi connectivity index (χ2n) is 6.66. The van der Waals surface area contributed by atoms with Crippen LogP contribution in [0.25, 0.3) is 0 Å². The fraction of sp³-hybridized carbons (Fsp3) is 0.333. The lowest BCUT2D eigenvalue weighted by Crippen LogP contribution is -2.36. The van der Waals surface area contributed by atoms with Crippen molar-refractivity contribution in [3.63, 3.8) is 0 Å². The molecule has 156 valence electrons. The van der Waals surface area contributed by atoms with Crippen molar-refractivity contribution in [2.75, 3.05) is 34.3 Å². The first kappa shape index (κ1) is 22.6. The Morgan fingerprint density at radius 1 is 1.17 bits per heavy atom. The molecule has 29 heavy (non-hydrogen) atoms. The van der Waals surface area contributed by atoms with Gasteiger partial charge in [0.25, 0.3) is 5.91 Å². The van der Waals surface area contributed by atoms with Gasteiger partial charge in [0.1, 0.15) is 11.6 Å². The Kier molecular flexibility index (Phi) is 8.42. The molecule has 2 aromatic carbocycles. The second-order valence-corrected chi connectivity index (χ2v) is 7.06. The maximum absolute atomic E-state index is 13.1. The number of carbonyl (C=O) groups is 2. The molecule has 2 amide bonds. The summed E-state index contributed by atoms with van der Waals surface area (Å²) in [7, 11) is 5.46. The first-order valence-corrected chi connectivity index (χ1v) is 9.50. The summed E-state index contributed by atoms with van der Waals surface area (Å²) in [4.78, 5) is 26.3. The number of halogens is 2. The highest BCUT2D eigenvalue weighted by atomic mass is 35.5. The molecule has 0 fully saturated rings. The highest BCUT2D eigenvalue weighted by Gasteiger charge is 2.19. The van der Waals surface area contributed by atoms with Crippen LogP contribution < -0.4 is 15.4 Å². The van der Waals surface area contributed by atoms with Crippen molar-refractivity contribution < 1.29 is 18.7 Å². The molecule has 6 nitrogen and oxygen atoms in total. The monoisotopic (exact) mass is 421 g/mol. The topological polar surface area (TPSA) is 70.7 Å². The number of para-hydroxylation sites is 1. The maximum Gasteiger partial charge on any atom is 0.252 e. The van der Waals surface area contributed by atoms with E-state index in [1.54, 1.807) is 7.11 Å². The average molecular weight is 422 g/mol. The number of likely N-dealkylation sites (N-methyl/N-ethyl adjacent to an activating group) is 1. The quantitative estimate of drug-likeness (QED) is 0.653. The third kappa shape index (κ3) is 6.44. The van der Waals surface area contributed by atoms with E-state index in [-0.39, 0.29) is 35.5 Å². The zero-order chi connectivity index (χ0) is 21.4. The van der Waals surface area contributed by atoms with Gasteiger partial charge in [0.2, 0.25) is 5.91 Å². The fourth-order valence-electron chi connectivity index (χ4n) is 2.87. The Hall–Kier alpha value is -2.64. The number of ether oxygens (including phenoxy) is 1. The molecule has 0 aliphatic heterocycles. The minimum Gasteiger partial charge on any atom is -0.496 e. The number of nitrogens with zero attached hydrogens (tertiary/aromatic N) is 1. The smallest absolute Gasteiger partial charge is 0.252 e. The molecule has 2 aromatic rings. The number of benzene rings is 2. The molecular formula is C21H25ClFN3O3. The number of nitrogens with one attached hydrogen (secondary N) is 2. The van der Waals surface area contributed by atoms with Crippen molar-refractivity contribution in [3.8, 4) is 5.75 Å². The molecule has 0 spiro atoms. The van der Waals surface area contributed by atoms with Crippen LogP contribution in [-0.2, 0) is 4.79 Å². The summed E-state index contributed by atoms with van der Waals surface area (Å²) < 4.78 is 18.5. The molecule has 0 aromatic heterocycles. The molecule has 0 saturated carbocycles. The zero-order valence-corrected chi connectivity index (χ0v) is 17.4. The molecular weight excluding hydrogens is 397 g/mol. The van der Waals surface area contributed by atoms with Crippen molar-refractivity contribution >= 4 is 23.4 Å². The van der Waals surface area contributed by atoms with Crippen LogP contribution in [0.3, 0.4) is 0 Å². The normalized spacial score (nSPS) is 11.8. The van der Waals surface area contributed by atoms with Crippen molar-refractivity contribution in [1.29, 1.82) is 0 Å². The van der Waals surface area contributed by atoms with Gasteiger partial charge in [0.15, 0.2) is 0 Å². The van der Waals surface area contributed by atoms with E-state index >= 15 is 0 Å². The summed E-state index contributed by atoms with van der Waals surface area (Å²) in [6.45, 7) is 0.531. The minimum absolute atomic E-state index is 0.0255. The van der Waals surface area contributed by atoms with Crippen LogP contribution in [-0.4, -0.2) is 51.0 Å². The summed E-state index contributed by atoms with van der Waals surface area (Å²) in [6.07, 6.45) is 0.108. The molecule has 1 unspecified atom stereocenters. The lowest BCUT2D eigenvalue weighted by atomic mass is 10.0. The summed E-state index contributed by atoms with van der Waals surface area (Å²) in [5.74, 6) is -0.416. The molecule has 8 heteroatoms. The molecule has 0 saturated heterocycles. The molecule has 0 aliphatic carbocycles. The van der Waals surface area contributed by atoms with Gasteiger partial charge in [-0.05, 0) is 38.4 Å². The van der Waals surface area contributed by atoms with E-state index in [2.05, 4.69) is 10.6 Å². The highest BCUT2D eigenvalue weighted by molar-refractivity contribution is 6.33. The standard InChI is InChI=1S/C21H25ClFN3O3/c1-26(2)18(16-6-4-5-7-19(16)29-3)13-25-20(27)10-11-24-21(28)15-9-8-14(23)12-17(15)22/h4-9,12,18H,10-11,13H2,1-3H3,(H,24,28)(H,25,27). The van der Waals surface area contributed by atoms with E-state index < -0.39 is 11.7 Å². The first-order chi connectivity index (χ1) is 13.8. The van der Waals surface area contributed by atoms with Crippen LogP contribution in [0.4, 0.5) is 4.39 Å². The van der Waals surface area contributed by atoms with Crippen molar-refractivity contribution in [2.45, 2.75) is 12.5 Å². The Morgan fingerprint density at radius 2 is 1.90 bits per heavy atom. The summed E-state index contributed by atoms with van der Waals surface area (Å²) >= 11 is 5.87.